The third kappa shape index (κ3) is 3.13. The minimum atomic E-state index is -1.47. The van der Waals surface area contributed by atoms with Gasteiger partial charge in [-0.3, -0.25) is 11.1 Å². The standard InChI is InChI=1S/C15H22FN7O/c1-22-5-7-23(8-6-22)14-19-13(17)20-15(18,21-14)10-3-4-12(24-2)11(16)9-10/h3-4,9H,5-8,18H2,1-2H3,(H3,17,19,20,21). The van der Waals surface area contributed by atoms with Crippen molar-refractivity contribution >= 4 is 11.9 Å². The number of aliphatic imine (C=N–C) groups is 2. The van der Waals surface area contributed by atoms with E-state index in [0.29, 0.717) is 11.5 Å². The summed E-state index contributed by atoms with van der Waals surface area (Å²) in [6.45, 7) is 3.41. The summed E-state index contributed by atoms with van der Waals surface area (Å²) in [5.41, 5.74) is 12.6. The van der Waals surface area contributed by atoms with Crippen molar-refractivity contribution < 1.29 is 9.13 Å². The lowest BCUT2D eigenvalue weighted by Gasteiger charge is -2.37. The molecule has 1 aromatic rings. The Kier molecular flexibility index (Phi) is 4.29. The molecule has 1 unspecified atom stereocenters. The first kappa shape index (κ1) is 16.5. The van der Waals surface area contributed by atoms with E-state index in [2.05, 4.69) is 32.1 Å². The second-order valence-corrected chi connectivity index (χ2v) is 5.92. The van der Waals surface area contributed by atoms with Crippen LogP contribution in [0.2, 0.25) is 0 Å². The molecule has 0 bridgehead atoms. The molecular formula is C15H22FN7O. The molecule has 130 valence electrons. The average molecular weight is 335 g/mol. The number of rotatable bonds is 2. The van der Waals surface area contributed by atoms with Crippen molar-refractivity contribution in [1.82, 2.24) is 15.1 Å². The molecule has 0 aliphatic carbocycles. The molecular weight excluding hydrogens is 313 g/mol. The van der Waals surface area contributed by atoms with Gasteiger partial charge in [-0.15, -0.1) is 0 Å². The van der Waals surface area contributed by atoms with Crippen LogP contribution in [-0.4, -0.2) is 62.1 Å². The van der Waals surface area contributed by atoms with Crippen LogP contribution in [0.5, 0.6) is 5.75 Å². The molecule has 1 saturated heterocycles. The van der Waals surface area contributed by atoms with Crippen molar-refractivity contribution in [1.29, 1.82) is 0 Å². The first-order chi connectivity index (χ1) is 11.4. The summed E-state index contributed by atoms with van der Waals surface area (Å²) in [6.07, 6.45) is 0. The van der Waals surface area contributed by atoms with E-state index in [1.165, 1.54) is 19.2 Å². The number of likely N-dealkylation sites (N-methyl/N-ethyl adjacent to an activating group) is 1. The van der Waals surface area contributed by atoms with Crippen LogP contribution in [0.15, 0.2) is 28.2 Å². The van der Waals surface area contributed by atoms with Crippen LogP contribution >= 0.6 is 0 Å². The van der Waals surface area contributed by atoms with Crippen LogP contribution < -0.4 is 21.5 Å². The first-order valence-corrected chi connectivity index (χ1v) is 7.70. The van der Waals surface area contributed by atoms with Crippen molar-refractivity contribution in [2.45, 2.75) is 5.79 Å². The van der Waals surface area contributed by atoms with Crippen molar-refractivity contribution in [3.05, 3.63) is 29.6 Å². The van der Waals surface area contributed by atoms with Crippen molar-refractivity contribution in [3.63, 3.8) is 0 Å². The number of halogens is 1. The van der Waals surface area contributed by atoms with Crippen LogP contribution in [0.3, 0.4) is 0 Å². The Morgan fingerprint density at radius 1 is 1.25 bits per heavy atom. The van der Waals surface area contributed by atoms with E-state index in [1.54, 1.807) is 6.07 Å². The average Bonchev–Trinajstić information content (AvgIpc) is 2.54. The Bertz CT molecular complexity index is 684. The first-order valence-electron chi connectivity index (χ1n) is 7.70. The highest BCUT2D eigenvalue weighted by molar-refractivity contribution is 5.99. The van der Waals surface area contributed by atoms with E-state index in [-0.39, 0.29) is 11.7 Å². The largest absolute Gasteiger partial charge is 0.494 e. The highest BCUT2D eigenvalue weighted by Gasteiger charge is 2.33. The van der Waals surface area contributed by atoms with E-state index in [0.717, 1.165) is 26.2 Å². The number of ether oxygens (including phenoxy) is 1. The molecule has 24 heavy (non-hydrogen) atoms. The Morgan fingerprint density at radius 2 is 1.96 bits per heavy atom. The molecule has 1 fully saturated rings. The Labute approximate surface area is 140 Å². The van der Waals surface area contributed by atoms with Crippen LogP contribution in [0, 0.1) is 5.82 Å². The smallest absolute Gasteiger partial charge is 0.236 e. The zero-order valence-electron chi connectivity index (χ0n) is 13.8. The fourth-order valence-corrected chi connectivity index (χ4v) is 2.73. The van der Waals surface area contributed by atoms with E-state index < -0.39 is 11.6 Å². The Balaban J connectivity index is 1.92. The minimum absolute atomic E-state index is 0.136. The normalized spacial score (nSPS) is 24.9. The van der Waals surface area contributed by atoms with Crippen LogP contribution in [0.4, 0.5) is 4.39 Å². The second-order valence-electron chi connectivity index (χ2n) is 5.92. The predicted octanol–water partition coefficient (Wildman–Crippen LogP) is -0.575. The maximum Gasteiger partial charge on any atom is 0.236 e. The molecule has 1 aromatic carbocycles. The van der Waals surface area contributed by atoms with Gasteiger partial charge in [0.15, 0.2) is 17.5 Å². The van der Waals surface area contributed by atoms with Crippen molar-refractivity contribution in [2.24, 2.45) is 21.5 Å². The Morgan fingerprint density at radius 3 is 2.58 bits per heavy atom. The van der Waals surface area contributed by atoms with Gasteiger partial charge in [0, 0.05) is 31.7 Å². The topological polar surface area (TPSA) is 104 Å². The van der Waals surface area contributed by atoms with E-state index in [9.17, 15) is 4.39 Å². The maximum atomic E-state index is 14.0. The summed E-state index contributed by atoms with van der Waals surface area (Å²) in [6, 6.07) is 4.40. The molecule has 0 saturated carbocycles. The van der Waals surface area contributed by atoms with Gasteiger partial charge in [-0.25, -0.2) is 14.4 Å². The molecule has 2 heterocycles. The van der Waals surface area contributed by atoms with Gasteiger partial charge < -0.3 is 20.3 Å². The zero-order chi connectivity index (χ0) is 17.3. The van der Waals surface area contributed by atoms with Crippen LogP contribution in [-0.2, 0) is 5.79 Å². The number of guanidine groups is 2. The summed E-state index contributed by atoms with van der Waals surface area (Å²) >= 11 is 0. The van der Waals surface area contributed by atoms with Gasteiger partial charge in [0.1, 0.15) is 0 Å². The van der Waals surface area contributed by atoms with Gasteiger partial charge in [-0.05, 0) is 25.2 Å². The number of hydrogen-bond acceptors (Lipinski definition) is 8. The lowest BCUT2D eigenvalue weighted by atomic mass is 10.1. The van der Waals surface area contributed by atoms with Crippen LogP contribution in [0.25, 0.3) is 0 Å². The van der Waals surface area contributed by atoms with Gasteiger partial charge in [0.05, 0.1) is 7.11 Å². The lowest BCUT2D eigenvalue weighted by Crippen LogP contribution is -2.58. The van der Waals surface area contributed by atoms with Crippen molar-refractivity contribution in [2.75, 3.05) is 40.3 Å². The SMILES string of the molecule is COc1ccc(C2(N)N=C(N)NC(N3CCN(C)CC3)=N2)cc1F. The molecule has 2 aliphatic heterocycles. The van der Waals surface area contributed by atoms with E-state index >= 15 is 0 Å². The molecule has 0 spiro atoms. The van der Waals surface area contributed by atoms with E-state index in [4.69, 9.17) is 16.2 Å². The second kappa shape index (κ2) is 6.25. The maximum absolute atomic E-state index is 14.0. The fourth-order valence-electron chi connectivity index (χ4n) is 2.73. The summed E-state index contributed by atoms with van der Waals surface area (Å²) < 4.78 is 19.0. The highest BCUT2D eigenvalue weighted by atomic mass is 19.1. The third-order valence-corrected chi connectivity index (χ3v) is 4.19. The number of piperazine rings is 1. The molecule has 2 aliphatic rings. The summed E-state index contributed by atoms with van der Waals surface area (Å²) in [7, 11) is 3.47. The number of nitrogens with two attached hydrogens (primary N) is 2. The summed E-state index contributed by atoms with van der Waals surface area (Å²) in [5.74, 6) is -1.16. The molecule has 3 rings (SSSR count). The molecule has 5 N–H and O–H groups in total. The highest BCUT2D eigenvalue weighted by Crippen LogP contribution is 2.28. The Hall–Kier alpha value is -2.39. The lowest BCUT2D eigenvalue weighted by molar-refractivity contribution is 0.210. The van der Waals surface area contributed by atoms with Gasteiger partial charge in [0.25, 0.3) is 0 Å². The third-order valence-electron chi connectivity index (χ3n) is 4.19. The molecule has 0 amide bonds. The summed E-state index contributed by atoms with van der Waals surface area (Å²) in [4.78, 5) is 13.0. The molecule has 0 radical (unpaired) electrons. The number of nitrogens with one attached hydrogen (secondary N) is 1. The van der Waals surface area contributed by atoms with E-state index in [1.807, 2.05) is 0 Å². The number of benzene rings is 1. The molecule has 0 aromatic heterocycles. The van der Waals surface area contributed by atoms with Gasteiger partial charge >= 0.3 is 0 Å². The predicted molar refractivity (Wildman–Crippen MR) is 90.1 cm³/mol. The number of hydrogen-bond donors (Lipinski definition) is 3. The molecule has 9 heteroatoms. The van der Waals surface area contributed by atoms with Crippen LogP contribution in [0.1, 0.15) is 5.56 Å². The quantitative estimate of drug-likeness (QED) is 0.668. The fraction of sp³-hybridized carbons (Fsp3) is 0.467. The number of nitrogens with zero attached hydrogens (tertiary/aromatic N) is 4. The number of methoxy groups -OCH3 is 1. The minimum Gasteiger partial charge on any atom is -0.494 e. The molecule has 8 nitrogen and oxygen atoms in total. The molecule has 1 atom stereocenters. The van der Waals surface area contributed by atoms with Gasteiger partial charge in [-0.2, -0.15) is 0 Å². The zero-order valence-corrected chi connectivity index (χ0v) is 13.8. The van der Waals surface area contributed by atoms with Crippen molar-refractivity contribution in [3.8, 4) is 5.75 Å². The van der Waals surface area contributed by atoms with Gasteiger partial charge in [-0.1, -0.05) is 0 Å². The van der Waals surface area contributed by atoms with Gasteiger partial charge in [0.2, 0.25) is 11.7 Å². The summed E-state index contributed by atoms with van der Waals surface area (Å²) in [5, 5.41) is 2.95. The monoisotopic (exact) mass is 335 g/mol.